The van der Waals surface area contributed by atoms with E-state index in [1.807, 2.05) is 49.4 Å². The van der Waals surface area contributed by atoms with Gasteiger partial charge in [0.2, 0.25) is 0 Å². The molecule has 0 N–H and O–H groups in total. The number of aromatic nitrogens is 1. The van der Waals surface area contributed by atoms with Crippen molar-refractivity contribution >= 4 is 11.6 Å². The standard InChI is InChI=1S/C12H10ClN/c1-9-4-2-7-12(14-9)10-5-3-6-11(13)8-10/h2-8H,1H3. The summed E-state index contributed by atoms with van der Waals surface area (Å²) in [6.45, 7) is 1.98. The fourth-order valence-corrected chi connectivity index (χ4v) is 1.54. The average Bonchev–Trinajstić information content (AvgIpc) is 2.18. The van der Waals surface area contributed by atoms with Gasteiger partial charge in [-0.2, -0.15) is 0 Å². The molecular weight excluding hydrogens is 194 g/mol. The van der Waals surface area contributed by atoms with Crippen molar-refractivity contribution in [2.24, 2.45) is 0 Å². The monoisotopic (exact) mass is 203 g/mol. The van der Waals surface area contributed by atoms with Crippen LogP contribution in [0.5, 0.6) is 0 Å². The number of nitrogens with zero attached hydrogens (tertiary/aromatic N) is 1. The summed E-state index contributed by atoms with van der Waals surface area (Å²) in [5.41, 5.74) is 3.04. The number of hydrogen-bond acceptors (Lipinski definition) is 1. The molecule has 70 valence electrons. The molecule has 1 aromatic heterocycles. The van der Waals surface area contributed by atoms with Crippen molar-refractivity contribution in [2.45, 2.75) is 6.92 Å². The maximum atomic E-state index is 5.91. The van der Waals surface area contributed by atoms with Gasteiger partial charge in [-0.3, -0.25) is 4.98 Å². The van der Waals surface area contributed by atoms with Gasteiger partial charge in [0, 0.05) is 16.3 Å². The van der Waals surface area contributed by atoms with Crippen LogP contribution >= 0.6 is 11.6 Å². The summed E-state index contributed by atoms with van der Waals surface area (Å²) in [7, 11) is 0. The first kappa shape index (κ1) is 9.22. The molecule has 2 aromatic rings. The van der Waals surface area contributed by atoms with Gasteiger partial charge < -0.3 is 0 Å². The van der Waals surface area contributed by atoms with Crippen molar-refractivity contribution in [3.05, 3.63) is 53.2 Å². The molecule has 1 nitrogen and oxygen atoms in total. The van der Waals surface area contributed by atoms with E-state index >= 15 is 0 Å². The number of aryl methyl sites for hydroxylation is 1. The highest BCUT2D eigenvalue weighted by Crippen LogP contribution is 2.20. The second-order valence-electron chi connectivity index (χ2n) is 3.17. The van der Waals surface area contributed by atoms with E-state index in [0.29, 0.717) is 0 Å². The zero-order chi connectivity index (χ0) is 9.97. The predicted molar refractivity (Wildman–Crippen MR) is 59.4 cm³/mol. The fourth-order valence-electron chi connectivity index (χ4n) is 1.35. The molecule has 0 atom stereocenters. The number of halogens is 1. The molecular formula is C12H10ClN. The lowest BCUT2D eigenvalue weighted by molar-refractivity contribution is 1.21. The summed E-state index contributed by atoms with van der Waals surface area (Å²) in [4.78, 5) is 4.43. The van der Waals surface area contributed by atoms with Crippen LogP contribution in [0.3, 0.4) is 0 Å². The minimum atomic E-state index is 0.741. The van der Waals surface area contributed by atoms with Crippen LogP contribution in [0.25, 0.3) is 11.3 Å². The van der Waals surface area contributed by atoms with Crippen LogP contribution in [0.4, 0.5) is 0 Å². The number of hydrogen-bond donors (Lipinski definition) is 0. The van der Waals surface area contributed by atoms with Gasteiger partial charge in [0.25, 0.3) is 0 Å². The van der Waals surface area contributed by atoms with Gasteiger partial charge in [-0.05, 0) is 31.2 Å². The SMILES string of the molecule is Cc1cccc(-c2cccc(Cl)c2)n1. The maximum Gasteiger partial charge on any atom is 0.0705 e. The van der Waals surface area contributed by atoms with Gasteiger partial charge in [0.05, 0.1) is 5.69 Å². The Hall–Kier alpha value is -1.34. The predicted octanol–water partition coefficient (Wildman–Crippen LogP) is 3.71. The number of benzene rings is 1. The highest BCUT2D eigenvalue weighted by atomic mass is 35.5. The summed E-state index contributed by atoms with van der Waals surface area (Å²) in [5, 5.41) is 0.741. The molecule has 0 saturated carbocycles. The first-order chi connectivity index (χ1) is 6.75. The summed E-state index contributed by atoms with van der Waals surface area (Å²) in [6.07, 6.45) is 0. The van der Waals surface area contributed by atoms with Gasteiger partial charge in [-0.1, -0.05) is 29.8 Å². The van der Waals surface area contributed by atoms with E-state index < -0.39 is 0 Å². The maximum absolute atomic E-state index is 5.91. The van der Waals surface area contributed by atoms with Crippen LogP contribution in [-0.4, -0.2) is 4.98 Å². The van der Waals surface area contributed by atoms with Crippen LogP contribution in [-0.2, 0) is 0 Å². The summed E-state index contributed by atoms with van der Waals surface area (Å²) in [5.74, 6) is 0. The third kappa shape index (κ3) is 1.94. The third-order valence-electron chi connectivity index (χ3n) is 2.01. The molecule has 0 unspecified atom stereocenters. The molecule has 0 radical (unpaired) electrons. The van der Waals surface area contributed by atoms with Gasteiger partial charge >= 0.3 is 0 Å². The molecule has 2 heteroatoms. The Balaban J connectivity index is 2.49. The Kier molecular flexibility index (Phi) is 2.51. The number of pyridine rings is 1. The topological polar surface area (TPSA) is 12.9 Å². The van der Waals surface area contributed by atoms with E-state index in [-0.39, 0.29) is 0 Å². The molecule has 0 spiro atoms. The second kappa shape index (κ2) is 3.81. The molecule has 0 bridgehead atoms. The molecule has 0 fully saturated rings. The van der Waals surface area contributed by atoms with E-state index in [1.54, 1.807) is 0 Å². The Morgan fingerprint density at radius 3 is 2.57 bits per heavy atom. The zero-order valence-corrected chi connectivity index (χ0v) is 8.62. The van der Waals surface area contributed by atoms with Crippen molar-refractivity contribution in [1.29, 1.82) is 0 Å². The summed E-state index contributed by atoms with van der Waals surface area (Å²) in [6, 6.07) is 13.7. The van der Waals surface area contributed by atoms with Gasteiger partial charge in [-0.15, -0.1) is 0 Å². The normalized spacial score (nSPS) is 10.1. The Morgan fingerprint density at radius 2 is 1.86 bits per heavy atom. The van der Waals surface area contributed by atoms with E-state index in [2.05, 4.69) is 4.98 Å². The highest BCUT2D eigenvalue weighted by molar-refractivity contribution is 6.30. The lowest BCUT2D eigenvalue weighted by Crippen LogP contribution is -1.85. The van der Waals surface area contributed by atoms with Crippen molar-refractivity contribution < 1.29 is 0 Å². The van der Waals surface area contributed by atoms with Crippen LogP contribution in [0.1, 0.15) is 5.69 Å². The van der Waals surface area contributed by atoms with E-state index in [4.69, 9.17) is 11.6 Å². The molecule has 0 aliphatic heterocycles. The minimum Gasteiger partial charge on any atom is -0.253 e. The van der Waals surface area contributed by atoms with Crippen molar-refractivity contribution in [1.82, 2.24) is 4.98 Å². The van der Waals surface area contributed by atoms with Crippen LogP contribution in [0.2, 0.25) is 5.02 Å². The first-order valence-electron chi connectivity index (χ1n) is 4.45. The van der Waals surface area contributed by atoms with E-state index in [0.717, 1.165) is 22.0 Å². The molecule has 1 aromatic carbocycles. The smallest absolute Gasteiger partial charge is 0.0705 e. The average molecular weight is 204 g/mol. The van der Waals surface area contributed by atoms with Crippen LogP contribution < -0.4 is 0 Å². The molecule has 2 rings (SSSR count). The Bertz CT molecular complexity index is 408. The van der Waals surface area contributed by atoms with Crippen molar-refractivity contribution in [2.75, 3.05) is 0 Å². The van der Waals surface area contributed by atoms with Gasteiger partial charge in [0.15, 0.2) is 0 Å². The largest absolute Gasteiger partial charge is 0.253 e. The summed E-state index contributed by atoms with van der Waals surface area (Å²) < 4.78 is 0. The molecule has 0 aliphatic carbocycles. The zero-order valence-electron chi connectivity index (χ0n) is 7.87. The van der Waals surface area contributed by atoms with E-state index in [1.165, 1.54) is 0 Å². The second-order valence-corrected chi connectivity index (χ2v) is 3.61. The molecule has 0 saturated heterocycles. The van der Waals surface area contributed by atoms with Crippen molar-refractivity contribution in [3.8, 4) is 11.3 Å². The lowest BCUT2D eigenvalue weighted by atomic mass is 10.1. The molecule has 1 heterocycles. The Labute approximate surface area is 88.4 Å². The van der Waals surface area contributed by atoms with Crippen LogP contribution in [0.15, 0.2) is 42.5 Å². The van der Waals surface area contributed by atoms with Crippen LogP contribution in [0, 0.1) is 6.92 Å². The molecule has 14 heavy (non-hydrogen) atoms. The number of rotatable bonds is 1. The van der Waals surface area contributed by atoms with E-state index in [9.17, 15) is 0 Å². The summed E-state index contributed by atoms with van der Waals surface area (Å²) >= 11 is 5.91. The fraction of sp³-hybridized carbons (Fsp3) is 0.0833. The molecule has 0 aliphatic rings. The highest BCUT2D eigenvalue weighted by Gasteiger charge is 1.99. The van der Waals surface area contributed by atoms with Gasteiger partial charge in [-0.25, -0.2) is 0 Å². The van der Waals surface area contributed by atoms with Crippen molar-refractivity contribution in [3.63, 3.8) is 0 Å². The quantitative estimate of drug-likeness (QED) is 0.689. The first-order valence-corrected chi connectivity index (χ1v) is 4.83. The Morgan fingerprint density at radius 1 is 1.07 bits per heavy atom. The van der Waals surface area contributed by atoms with Gasteiger partial charge in [0.1, 0.15) is 0 Å². The lowest BCUT2D eigenvalue weighted by Gasteiger charge is -2.01. The third-order valence-corrected chi connectivity index (χ3v) is 2.24. The molecule has 0 amide bonds. The minimum absolute atomic E-state index is 0.741.